The first kappa shape index (κ1) is 117. The van der Waals surface area contributed by atoms with Crippen LogP contribution >= 0.6 is 0 Å². The second-order valence-corrected chi connectivity index (χ2v) is 39.9. The van der Waals surface area contributed by atoms with E-state index in [2.05, 4.69) is 108 Å². The standard InChI is InChI=1S/C119H213N5O6/c1-8-15-21-27-33-39-45-51-57-63-69-75-81-87-97-125-111-103-109(104-112(126-98-88-82-76-70-64-58-52-46-40-34-28-22-16-9-2)115(111)129-101-91-85-79-73-67-61-55-49-43-37-31-25-19-12-5)120-118-122-117(108-95-93-107(14-7)94-96-108)123-119(124-118)121-110-105-113(127-99-89-83-77-71-65-59-53-47-41-35-29-23-17-10-3)116(130-102-92-86-80-74-68-62-56-50-44-38-32-26-20-13-6)114(106-110)128-100-90-84-78-72-66-60-54-48-42-36-30-24-18-11-4/h93-96,103-106H,8-92,97-102H2,1-7H3,(H2,120,121,122,123,124). The second kappa shape index (κ2) is 90.5. The van der Waals surface area contributed by atoms with Crippen LogP contribution in [0.25, 0.3) is 11.4 Å². The van der Waals surface area contributed by atoms with Crippen LogP contribution < -0.4 is 39.1 Å². The summed E-state index contributed by atoms with van der Waals surface area (Å²) in [5, 5.41) is 7.50. The molecule has 11 heteroatoms. The predicted molar refractivity (Wildman–Crippen MR) is 569 cm³/mol. The molecule has 3 aromatic carbocycles. The summed E-state index contributed by atoms with van der Waals surface area (Å²) < 4.78 is 42.0. The van der Waals surface area contributed by atoms with Crippen LogP contribution in [0, 0.1) is 0 Å². The Labute approximate surface area is 806 Å². The first-order chi connectivity index (χ1) is 64.5. The van der Waals surface area contributed by atoms with Crippen molar-refractivity contribution >= 4 is 23.3 Å². The fourth-order valence-electron chi connectivity index (χ4n) is 18.6. The maximum absolute atomic E-state index is 7.01. The molecule has 2 N–H and O–H groups in total. The molecule has 0 aliphatic carbocycles. The summed E-state index contributed by atoms with van der Waals surface area (Å²) >= 11 is 0. The van der Waals surface area contributed by atoms with E-state index in [4.69, 9.17) is 43.4 Å². The molecular formula is C119H213N5O6. The molecule has 11 nitrogen and oxygen atoms in total. The van der Waals surface area contributed by atoms with Crippen LogP contribution in [-0.4, -0.2) is 54.6 Å². The van der Waals surface area contributed by atoms with E-state index >= 15 is 0 Å². The topological polar surface area (TPSA) is 118 Å². The number of hydrogen-bond donors (Lipinski definition) is 2. The normalized spacial score (nSPS) is 11.5. The summed E-state index contributed by atoms with van der Waals surface area (Å²) in [6.45, 7) is 19.7. The van der Waals surface area contributed by atoms with Crippen LogP contribution in [-0.2, 0) is 6.42 Å². The number of nitrogens with one attached hydrogen (secondary N) is 2. The zero-order chi connectivity index (χ0) is 92.3. The van der Waals surface area contributed by atoms with Crippen molar-refractivity contribution in [3.05, 3.63) is 54.1 Å². The zero-order valence-electron chi connectivity index (χ0n) is 87.3. The van der Waals surface area contributed by atoms with E-state index in [9.17, 15) is 0 Å². The second-order valence-electron chi connectivity index (χ2n) is 39.9. The van der Waals surface area contributed by atoms with Gasteiger partial charge in [0, 0.05) is 41.2 Å². The largest absolute Gasteiger partial charge is 0.489 e. The number of anilines is 4. The Hall–Kier alpha value is -4.93. The molecule has 0 aliphatic heterocycles. The molecule has 0 saturated heterocycles. The highest BCUT2D eigenvalue weighted by atomic mass is 16.5. The van der Waals surface area contributed by atoms with Crippen molar-refractivity contribution in [2.75, 3.05) is 50.3 Å². The van der Waals surface area contributed by atoms with Crippen molar-refractivity contribution in [3.8, 4) is 45.9 Å². The van der Waals surface area contributed by atoms with Gasteiger partial charge in [-0.3, -0.25) is 0 Å². The molecule has 0 saturated carbocycles. The molecule has 0 aliphatic rings. The van der Waals surface area contributed by atoms with Crippen LogP contribution in [0.15, 0.2) is 48.5 Å². The molecule has 0 radical (unpaired) electrons. The van der Waals surface area contributed by atoms with E-state index in [1.165, 1.54) is 468 Å². The fourth-order valence-corrected chi connectivity index (χ4v) is 18.6. The van der Waals surface area contributed by atoms with Crippen LogP contribution in [0.4, 0.5) is 23.3 Å². The molecule has 0 bridgehead atoms. The first-order valence-corrected chi connectivity index (χ1v) is 58.0. The lowest BCUT2D eigenvalue weighted by atomic mass is 10.0. The molecule has 4 rings (SSSR count). The molecule has 750 valence electrons. The van der Waals surface area contributed by atoms with Crippen molar-refractivity contribution in [2.45, 2.75) is 594 Å². The van der Waals surface area contributed by atoms with E-state index < -0.39 is 0 Å². The van der Waals surface area contributed by atoms with Crippen molar-refractivity contribution < 1.29 is 28.4 Å². The molecule has 1 aromatic heterocycles. The zero-order valence-corrected chi connectivity index (χ0v) is 87.3. The monoisotopic (exact) mass is 1810 g/mol. The van der Waals surface area contributed by atoms with Gasteiger partial charge in [0.2, 0.25) is 23.4 Å². The quantitative estimate of drug-likeness (QED) is 0.0412. The highest BCUT2D eigenvalue weighted by Gasteiger charge is 2.22. The number of benzene rings is 3. The van der Waals surface area contributed by atoms with Gasteiger partial charge >= 0.3 is 0 Å². The van der Waals surface area contributed by atoms with E-state index in [1.54, 1.807) is 0 Å². The number of rotatable bonds is 102. The molecule has 1 heterocycles. The van der Waals surface area contributed by atoms with Crippen LogP contribution in [0.1, 0.15) is 593 Å². The maximum Gasteiger partial charge on any atom is 0.232 e. The smallest absolute Gasteiger partial charge is 0.232 e. The third-order valence-electron chi connectivity index (χ3n) is 27.3. The summed E-state index contributed by atoms with van der Waals surface area (Å²) in [6, 6.07) is 17.1. The Morgan fingerprint density at radius 1 is 0.185 bits per heavy atom. The maximum atomic E-state index is 7.01. The van der Waals surface area contributed by atoms with E-state index in [1.807, 2.05) is 0 Å². The number of nitrogens with zero attached hydrogens (tertiary/aromatic N) is 3. The summed E-state index contributed by atoms with van der Waals surface area (Å²) in [7, 11) is 0. The highest BCUT2D eigenvalue weighted by molar-refractivity contribution is 5.70. The summed E-state index contributed by atoms with van der Waals surface area (Å²) in [4.78, 5) is 15.9. The minimum Gasteiger partial charge on any atom is -0.489 e. The molecule has 0 amide bonds. The molecule has 0 spiro atoms. The number of ether oxygens (including phenoxy) is 6. The van der Waals surface area contributed by atoms with Crippen LogP contribution in [0.3, 0.4) is 0 Å². The SMILES string of the molecule is CCCCCCCCCCCCCCCCOc1cc(Nc2nc(Nc3cc(OCCCCCCCCCCCCCCCC)c(OCCCCCCCCCCCCCCCC)c(OCCCCCCCCCCCCCCCC)c3)nc(-c3ccc(CC)cc3)n2)cc(OCCCCCCCCCCCCCCCC)c1OCCCCCCCCCCCCCCCC. The number of hydrogen-bond acceptors (Lipinski definition) is 11. The van der Waals surface area contributed by atoms with Gasteiger partial charge in [-0.25, -0.2) is 0 Å². The van der Waals surface area contributed by atoms with Crippen molar-refractivity contribution in [2.24, 2.45) is 0 Å². The van der Waals surface area contributed by atoms with Gasteiger partial charge in [-0.05, 0) is 50.5 Å². The minimum absolute atomic E-state index is 0.413. The van der Waals surface area contributed by atoms with Gasteiger partial charge in [0.05, 0.1) is 39.6 Å². The lowest BCUT2D eigenvalue weighted by Crippen LogP contribution is -2.09. The Balaban J connectivity index is 1.71. The average molecular weight is 1810 g/mol. The first-order valence-electron chi connectivity index (χ1n) is 58.0. The van der Waals surface area contributed by atoms with Gasteiger partial charge < -0.3 is 39.1 Å². The fraction of sp³-hybridized carbons (Fsp3) is 0.824. The van der Waals surface area contributed by atoms with Gasteiger partial charge in [-0.2, -0.15) is 15.0 Å². The van der Waals surface area contributed by atoms with Gasteiger partial charge in [-0.15, -0.1) is 0 Å². The van der Waals surface area contributed by atoms with Gasteiger partial charge in [0.1, 0.15) is 0 Å². The van der Waals surface area contributed by atoms with Gasteiger partial charge in [0.25, 0.3) is 0 Å². The Bertz CT molecular complexity index is 2770. The van der Waals surface area contributed by atoms with E-state index in [0.717, 1.165) is 100 Å². The minimum atomic E-state index is 0.413. The van der Waals surface area contributed by atoms with Crippen molar-refractivity contribution in [3.63, 3.8) is 0 Å². The van der Waals surface area contributed by atoms with Crippen molar-refractivity contribution in [1.82, 2.24) is 15.0 Å². The number of unbranched alkanes of at least 4 members (excludes halogenated alkanes) is 78. The number of aryl methyl sites for hydroxylation is 1. The summed E-state index contributed by atoms with van der Waals surface area (Å²) in [5.74, 6) is 5.64. The lowest BCUT2D eigenvalue weighted by molar-refractivity contribution is 0.234. The van der Waals surface area contributed by atoms with Crippen molar-refractivity contribution in [1.29, 1.82) is 0 Å². The molecule has 130 heavy (non-hydrogen) atoms. The Morgan fingerprint density at radius 3 is 0.515 bits per heavy atom. The Morgan fingerprint density at radius 2 is 0.346 bits per heavy atom. The molecular weight excluding hydrogens is 1600 g/mol. The van der Waals surface area contributed by atoms with E-state index in [-0.39, 0.29) is 0 Å². The lowest BCUT2D eigenvalue weighted by Gasteiger charge is -2.20. The van der Waals surface area contributed by atoms with E-state index in [0.29, 0.717) is 91.9 Å². The molecule has 4 aromatic rings. The van der Waals surface area contributed by atoms with Crippen LogP contribution in [0.5, 0.6) is 34.5 Å². The summed E-state index contributed by atoms with van der Waals surface area (Å²) in [5.41, 5.74) is 3.73. The predicted octanol–water partition coefficient (Wildman–Crippen LogP) is 40.7. The Kier molecular flexibility index (Phi) is 81.7. The average Bonchev–Trinajstić information content (AvgIpc) is 0.800. The molecule has 0 atom stereocenters. The summed E-state index contributed by atoms with van der Waals surface area (Å²) in [6.07, 6.45) is 112. The highest BCUT2D eigenvalue weighted by Crippen LogP contribution is 2.44. The van der Waals surface area contributed by atoms with Gasteiger partial charge in [-0.1, -0.05) is 574 Å². The number of aromatic nitrogens is 3. The molecule has 0 fully saturated rings. The third kappa shape index (κ3) is 67.3. The molecule has 0 unspecified atom stereocenters. The van der Waals surface area contributed by atoms with Crippen LogP contribution in [0.2, 0.25) is 0 Å². The van der Waals surface area contributed by atoms with Gasteiger partial charge in [0.15, 0.2) is 28.8 Å². The third-order valence-corrected chi connectivity index (χ3v) is 27.3.